The van der Waals surface area contributed by atoms with Crippen molar-refractivity contribution in [2.24, 2.45) is 23.2 Å². The van der Waals surface area contributed by atoms with Gasteiger partial charge < -0.3 is 4.43 Å². The molecule has 0 heterocycles. The molecule has 2 fully saturated rings. The molecule has 0 saturated heterocycles. The molecule has 1 aromatic rings. The Labute approximate surface area is 197 Å². The van der Waals surface area contributed by atoms with E-state index >= 15 is 0 Å². The average molecular weight is 481 g/mol. The van der Waals surface area contributed by atoms with Crippen LogP contribution in [0.1, 0.15) is 72.3 Å². The van der Waals surface area contributed by atoms with Crippen molar-refractivity contribution in [2.45, 2.75) is 103 Å². The third kappa shape index (κ3) is 5.18. The van der Waals surface area contributed by atoms with Crippen molar-refractivity contribution >= 4 is 18.4 Å². The fraction of sp³-hybridized carbons (Fsp3) is 0.769. The van der Waals surface area contributed by atoms with Crippen LogP contribution in [0, 0.1) is 30.1 Å². The number of benzene rings is 1. The Kier molecular flexibility index (Phi) is 7.42. The van der Waals surface area contributed by atoms with E-state index in [1.54, 1.807) is 12.1 Å². The zero-order chi connectivity index (χ0) is 23.9. The summed E-state index contributed by atoms with van der Waals surface area (Å²) in [6, 6.07) is 6.89. The van der Waals surface area contributed by atoms with Crippen molar-refractivity contribution in [3.05, 3.63) is 29.8 Å². The predicted octanol–water partition coefficient (Wildman–Crippen LogP) is 6.94. The van der Waals surface area contributed by atoms with Crippen molar-refractivity contribution in [1.82, 2.24) is 0 Å². The van der Waals surface area contributed by atoms with Crippen LogP contribution >= 0.6 is 0 Å². The van der Waals surface area contributed by atoms with Gasteiger partial charge >= 0.3 is 0 Å². The maximum absolute atomic E-state index is 12.7. The van der Waals surface area contributed by atoms with Gasteiger partial charge in [-0.25, -0.2) is 0 Å². The van der Waals surface area contributed by atoms with Gasteiger partial charge in [-0.15, -0.1) is 0 Å². The summed E-state index contributed by atoms with van der Waals surface area (Å²) in [5.74, 6) is 1.22. The molecule has 0 spiro atoms. The fourth-order valence-electron chi connectivity index (χ4n) is 5.88. The number of aryl methyl sites for hydroxylation is 1. The Bertz CT molecular complexity index is 887. The molecule has 4 nitrogen and oxygen atoms in total. The van der Waals surface area contributed by atoms with E-state index in [1.165, 1.54) is 19.3 Å². The molecule has 6 heteroatoms. The van der Waals surface area contributed by atoms with E-state index in [2.05, 4.69) is 47.7 Å². The first-order chi connectivity index (χ1) is 14.7. The number of hydrogen-bond donors (Lipinski definition) is 0. The van der Waals surface area contributed by atoms with Crippen LogP contribution in [0.3, 0.4) is 0 Å². The van der Waals surface area contributed by atoms with Crippen molar-refractivity contribution in [3.8, 4) is 0 Å². The lowest BCUT2D eigenvalue weighted by Gasteiger charge is -2.49. The second kappa shape index (κ2) is 9.16. The van der Waals surface area contributed by atoms with Crippen LogP contribution in [-0.4, -0.2) is 29.4 Å². The molecule has 0 amide bonds. The third-order valence-electron chi connectivity index (χ3n) is 8.87. The molecule has 5 unspecified atom stereocenters. The summed E-state index contributed by atoms with van der Waals surface area (Å²) >= 11 is 0. The van der Waals surface area contributed by atoms with Crippen molar-refractivity contribution in [3.63, 3.8) is 0 Å². The summed E-state index contributed by atoms with van der Waals surface area (Å²) in [5.41, 5.74) is 1.23. The third-order valence-corrected chi connectivity index (χ3v) is 14.7. The Morgan fingerprint density at radius 3 is 2.34 bits per heavy atom. The molecule has 1 aromatic carbocycles. The average Bonchev–Trinajstić information content (AvgIpc) is 3.03. The lowest BCUT2D eigenvalue weighted by Crippen LogP contribution is -2.50. The van der Waals surface area contributed by atoms with Crippen LogP contribution in [0.5, 0.6) is 0 Å². The van der Waals surface area contributed by atoms with E-state index < -0.39 is 18.4 Å². The molecule has 0 radical (unpaired) electrons. The Morgan fingerprint density at radius 2 is 1.75 bits per heavy atom. The van der Waals surface area contributed by atoms with E-state index in [0.717, 1.165) is 18.4 Å². The smallest absolute Gasteiger partial charge is 0.296 e. The summed E-state index contributed by atoms with van der Waals surface area (Å²) in [7, 11) is -5.54. The molecule has 0 aliphatic heterocycles. The van der Waals surface area contributed by atoms with Gasteiger partial charge in [0.1, 0.15) is 0 Å². The molecule has 0 bridgehead atoms. The van der Waals surface area contributed by atoms with Crippen LogP contribution in [0.4, 0.5) is 0 Å². The van der Waals surface area contributed by atoms with Gasteiger partial charge in [0.15, 0.2) is 8.32 Å². The van der Waals surface area contributed by atoms with E-state index in [9.17, 15) is 8.42 Å². The van der Waals surface area contributed by atoms with Crippen LogP contribution in [0.2, 0.25) is 18.1 Å². The van der Waals surface area contributed by atoms with Gasteiger partial charge in [0.05, 0.1) is 11.5 Å². The van der Waals surface area contributed by atoms with E-state index in [0.29, 0.717) is 17.9 Å². The standard InChI is InChI=1S/C26H44O4SSi/c1-19-11-13-21(14-12-19)31(27,28)29-18-20(2)22-15-16-23-24(10-9-17-26(22,23)6)30-32(7,8)25(3,4)5/h11-14,20,22-24H,9-10,15-18H2,1-8H3. The van der Waals surface area contributed by atoms with Crippen molar-refractivity contribution in [2.75, 3.05) is 6.61 Å². The topological polar surface area (TPSA) is 52.6 Å². The van der Waals surface area contributed by atoms with Gasteiger partial charge in [-0.05, 0) is 86.0 Å². The molecule has 3 rings (SSSR count). The molecule has 0 N–H and O–H groups in total. The Balaban J connectivity index is 1.68. The minimum absolute atomic E-state index is 0.192. The molecule has 2 aliphatic rings. The highest BCUT2D eigenvalue weighted by Gasteiger charge is 2.54. The molecule has 182 valence electrons. The predicted molar refractivity (Wildman–Crippen MR) is 134 cm³/mol. The second-order valence-electron chi connectivity index (χ2n) is 12.1. The minimum atomic E-state index is -3.72. The lowest BCUT2D eigenvalue weighted by molar-refractivity contribution is -0.0245. The zero-order valence-corrected chi connectivity index (χ0v) is 23.2. The number of rotatable bonds is 7. The van der Waals surface area contributed by atoms with Crippen LogP contribution in [0.15, 0.2) is 29.2 Å². The monoisotopic (exact) mass is 480 g/mol. The van der Waals surface area contributed by atoms with Gasteiger partial charge in [0, 0.05) is 6.10 Å². The first kappa shape index (κ1) is 25.9. The van der Waals surface area contributed by atoms with Crippen LogP contribution in [-0.2, 0) is 18.7 Å². The summed E-state index contributed by atoms with van der Waals surface area (Å²) in [4.78, 5) is 0.242. The van der Waals surface area contributed by atoms with Crippen molar-refractivity contribution < 1.29 is 17.0 Å². The van der Waals surface area contributed by atoms with Gasteiger partial charge in [-0.3, -0.25) is 4.18 Å². The first-order valence-electron chi connectivity index (χ1n) is 12.3. The maximum atomic E-state index is 12.7. The van der Waals surface area contributed by atoms with Gasteiger partial charge in [0.2, 0.25) is 0 Å². The fourth-order valence-corrected chi connectivity index (χ4v) is 8.27. The molecule has 0 aromatic heterocycles. The van der Waals surface area contributed by atoms with Crippen molar-refractivity contribution in [1.29, 1.82) is 0 Å². The van der Waals surface area contributed by atoms with Gasteiger partial charge in [-0.1, -0.05) is 58.7 Å². The summed E-state index contributed by atoms with van der Waals surface area (Å²) in [6.07, 6.45) is 6.20. The highest BCUT2D eigenvalue weighted by Crippen LogP contribution is 2.59. The number of hydrogen-bond acceptors (Lipinski definition) is 4. The summed E-state index contributed by atoms with van der Waals surface area (Å²) < 4.78 is 37.9. The first-order valence-corrected chi connectivity index (χ1v) is 16.6. The van der Waals surface area contributed by atoms with Crippen LogP contribution < -0.4 is 0 Å². The molecule has 2 aliphatic carbocycles. The van der Waals surface area contributed by atoms with E-state index in [1.807, 2.05) is 19.1 Å². The van der Waals surface area contributed by atoms with E-state index in [4.69, 9.17) is 8.61 Å². The van der Waals surface area contributed by atoms with Crippen LogP contribution in [0.25, 0.3) is 0 Å². The highest BCUT2D eigenvalue weighted by molar-refractivity contribution is 7.86. The van der Waals surface area contributed by atoms with E-state index in [-0.39, 0.29) is 27.9 Å². The highest BCUT2D eigenvalue weighted by atomic mass is 32.2. The quantitative estimate of drug-likeness (QED) is 0.313. The zero-order valence-electron chi connectivity index (χ0n) is 21.4. The normalized spacial score (nSPS) is 30.2. The maximum Gasteiger partial charge on any atom is 0.296 e. The van der Waals surface area contributed by atoms with Gasteiger partial charge in [0.25, 0.3) is 10.1 Å². The SMILES string of the molecule is Cc1ccc(S(=O)(=O)OCC(C)C2CCC3C(O[Si](C)(C)C(C)(C)C)CCCC23C)cc1. The summed E-state index contributed by atoms with van der Waals surface area (Å²) in [5, 5.41) is 0.213. The Hall–Kier alpha value is -0.693. The number of fused-ring (bicyclic) bond motifs is 1. The summed E-state index contributed by atoms with van der Waals surface area (Å²) in [6.45, 7) is 18.4. The molecule has 2 saturated carbocycles. The minimum Gasteiger partial charge on any atom is -0.414 e. The molecule has 32 heavy (non-hydrogen) atoms. The molecule has 5 atom stereocenters. The Morgan fingerprint density at radius 1 is 1.12 bits per heavy atom. The second-order valence-corrected chi connectivity index (χ2v) is 18.5. The lowest BCUT2D eigenvalue weighted by atomic mass is 9.62. The molecular formula is C26H44O4SSi. The van der Waals surface area contributed by atoms with Gasteiger partial charge in [-0.2, -0.15) is 8.42 Å². The largest absolute Gasteiger partial charge is 0.414 e. The molecular weight excluding hydrogens is 436 g/mol.